The summed E-state index contributed by atoms with van der Waals surface area (Å²) >= 11 is 0. The number of carbonyl (C=O) groups excluding carboxylic acids is 1. The Bertz CT molecular complexity index is 715. The molecule has 0 saturated heterocycles. The Balaban J connectivity index is 1.98. The molecule has 7 nitrogen and oxygen atoms in total. The smallest absolute Gasteiger partial charge is 0.267 e. The Morgan fingerprint density at radius 2 is 2.14 bits per heavy atom. The molecule has 0 radical (unpaired) electrons. The fraction of sp³-hybridized carbons (Fsp3) is 0.214. The van der Waals surface area contributed by atoms with E-state index < -0.39 is 0 Å². The van der Waals surface area contributed by atoms with Crippen molar-refractivity contribution < 1.29 is 9.53 Å². The van der Waals surface area contributed by atoms with Gasteiger partial charge in [-0.1, -0.05) is 12.1 Å². The second kappa shape index (κ2) is 6.56. The van der Waals surface area contributed by atoms with Crippen LogP contribution in [0.4, 0.5) is 0 Å². The summed E-state index contributed by atoms with van der Waals surface area (Å²) in [5, 5.41) is 8.95. The number of para-hydroxylation sites is 1. The van der Waals surface area contributed by atoms with Gasteiger partial charge < -0.3 is 9.84 Å². The maximum atomic E-state index is 11.7. The molecule has 1 heterocycles. The van der Waals surface area contributed by atoms with Crippen molar-refractivity contribution in [1.29, 1.82) is 0 Å². The van der Waals surface area contributed by atoms with Gasteiger partial charge in [0.2, 0.25) is 5.91 Å². The number of hydrazone groups is 1. The summed E-state index contributed by atoms with van der Waals surface area (Å²) in [6, 6.07) is 7.30. The molecule has 0 aliphatic carbocycles. The van der Waals surface area contributed by atoms with Crippen molar-refractivity contribution in [2.75, 3.05) is 7.11 Å². The van der Waals surface area contributed by atoms with Gasteiger partial charge in [0.25, 0.3) is 5.56 Å². The third-order valence-corrected chi connectivity index (χ3v) is 2.96. The number of aryl methyl sites for hydroxylation is 1. The molecule has 0 fully saturated rings. The van der Waals surface area contributed by atoms with E-state index >= 15 is 0 Å². The van der Waals surface area contributed by atoms with Crippen LogP contribution < -0.4 is 15.7 Å². The number of nitrogens with one attached hydrogen (secondary N) is 3. The van der Waals surface area contributed by atoms with Crippen LogP contribution in [0.25, 0.3) is 0 Å². The molecule has 0 saturated carbocycles. The number of aromatic nitrogens is 2. The number of hydrogen-bond acceptors (Lipinski definition) is 4. The minimum absolute atomic E-state index is 0.0338. The molecule has 0 aliphatic heterocycles. The number of hydrogen-bond donors (Lipinski definition) is 3. The molecule has 0 bridgehead atoms. The van der Waals surface area contributed by atoms with E-state index in [9.17, 15) is 9.59 Å². The lowest BCUT2D eigenvalue weighted by atomic mass is 10.2. The van der Waals surface area contributed by atoms with Gasteiger partial charge in [0.15, 0.2) is 0 Å². The van der Waals surface area contributed by atoms with Crippen LogP contribution in [0, 0.1) is 6.92 Å². The molecule has 0 aliphatic rings. The summed E-state index contributed by atoms with van der Waals surface area (Å²) in [5.74, 6) is 0.294. The lowest BCUT2D eigenvalue weighted by Gasteiger charge is -2.03. The minimum Gasteiger partial charge on any atom is -0.496 e. The average molecular weight is 288 g/mol. The van der Waals surface area contributed by atoms with Crippen LogP contribution in [0.15, 0.2) is 34.2 Å². The van der Waals surface area contributed by atoms with Gasteiger partial charge in [0.1, 0.15) is 5.75 Å². The first-order valence-corrected chi connectivity index (χ1v) is 6.33. The summed E-state index contributed by atoms with van der Waals surface area (Å²) in [4.78, 5) is 23.2. The van der Waals surface area contributed by atoms with E-state index in [0.29, 0.717) is 17.0 Å². The summed E-state index contributed by atoms with van der Waals surface area (Å²) in [6.07, 6.45) is 1.46. The molecule has 0 spiro atoms. The molecule has 1 amide bonds. The van der Waals surface area contributed by atoms with Crippen LogP contribution in [0.3, 0.4) is 0 Å². The lowest BCUT2D eigenvalue weighted by Crippen LogP contribution is -2.23. The number of methoxy groups -OCH3 is 1. The number of nitrogens with zero attached hydrogens (tertiary/aromatic N) is 1. The van der Waals surface area contributed by atoms with E-state index in [1.54, 1.807) is 20.1 Å². The van der Waals surface area contributed by atoms with E-state index in [-0.39, 0.29) is 17.9 Å². The maximum Gasteiger partial charge on any atom is 0.267 e. The molecular weight excluding hydrogens is 272 g/mol. The van der Waals surface area contributed by atoms with E-state index in [0.717, 1.165) is 5.56 Å². The number of rotatable bonds is 5. The largest absolute Gasteiger partial charge is 0.496 e. The third kappa shape index (κ3) is 3.59. The average Bonchev–Trinajstić information content (AvgIpc) is 2.79. The van der Waals surface area contributed by atoms with Gasteiger partial charge >= 0.3 is 0 Å². The summed E-state index contributed by atoms with van der Waals surface area (Å²) < 4.78 is 5.17. The van der Waals surface area contributed by atoms with Crippen LogP contribution in [0.5, 0.6) is 5.75 Å². The molecule has 0 atom stereocenters. The number of benzene rings is 1. The van der Waals surface area contributed by atoms with Gasteiger partial charge in [-0.25, -0.2) is 5.43 Å². The van der Waals surface area contributed by atoms with Crippen LogP contribution in [0.2, 0.25) is 0 Å². The van der Waals surface area contributed by atoms with Crippen molar-refractivity contribution in [1.82, 2.24) is 15.6 Å². The van der Waals surface area contributed by atoms with Crippen molar-refractivity contribution in [3.63, 3.8) is 0 Å². The van der Waals surface area contributed by atoms with Crippen LogP contribution >= 0.6 is 0 Å². The Labute approximate surface area is 121 Å². The number of aromatic amines is 2. The van der Waals surface area contributed by atoms with Crippen molar-refractivity contribution >= 4 is 12.1 Å². The molecule has 7 heteroatoms. The second-order valence-electron chi connectivity index (χ2n) is 4.39. The highest BCUT2D eigenvalue weighted by molar-refractivity contribution is 5.85. The fourth-order valence-corrected chi connectivity index (χ4v) is 1.83. The predicted octanol–water partition coefficient (Wildman–Crippen LogP) is 0.713. The SMILES string of the molecule is COc1ccccc1/C=N\NC(=O)Cc1c(C)[nH][nH]c1=O. The van der Waals surface area contributed by atoms with Crippen LogP contribution in [0.1, 0.15) is 16.8 Å². The van der Waals surface area contributed by atoms with E-state index in [2.05, 4.69) is 20.7 Å². The molecule has 1 aromatic carbocycles. The molecule has 1 aromatic heterocycles. The highest BCUT2D eigenvalue weighted by atomic mass is 16.5. The number of amides is 1. The van der Waals surface area contributed by atoms with Crippen LogP contribution in [-0.2, 0) is 11.2 Å². The first-order valence-electron chi connectivity index (χ1n) is 6.33. The standard InChI is InChI=1S/C14H16N4O3/c1-9-11(14(20)18-16-9)7-13(19)17-15-8-10-5-3-4-6-12(10)21-2/h3-6,8H,7H2,1-2H3,(H,17,19)(H2,16,18,20)/b15-8-. The molecular formula is C14H16N4O3. The number of ether oxygens (including phenoxy) is 1. The van der Waals surface area contributed by atoms with Gasteiger partial charge in [-0.3, -0.25) is 14.7 Å². The molecule has 2 rings (SSSR count). The maximum absolute atomic E-state index is 11.7. The number of H-pyrrole nitrogens is 2. The molecule has 0 unspecified atom stereocenters. The van der Waals surface area contributed by atoms with Gasteiger partial charge in [0, 0.05) is 16.8 Å². The Morgan fingerprint density at radius 3 is 2.81 bits per heavy atom. The zero-order valence-electron chi connectivity index (χ0n) is 11.8. The lowest BCUT2D eigenvalue weighted by molar-refractivity contribution is -0.120. The van der Waals surface area contributed by atoms with Crippen molar-refractivity contribution in [3.8, 4) is 5.75 Å². The summed E-state index contributed by atoms with van der Waals surface area (Å²) in [6.45, 7) is 1.72. The van der Waals surface area contributed by atoms with Crippen LogP contribution in [-0.4, -0.2) is 29.4 Å². The fourth-order valence-electron chi connectivity index (χ4n) is 1.83. The molecule has 110 valence electrons. The highest BCUT2D eigenvalue weighted by Gasteiger charge is 2.10. The van der Waals surface area contributed by atoms with Crippen molar-refractivity contribution in [2.24, 2.45) is 5.10 Å². The third-order valence-electron chi connectivity index (χ3n) is 2.96. The zero-order valence-corrected chi connectivity index (χ0v) is 11.8. The summed E-state index contributed by atoms with van der Waals surface area (Å²) in [5.41, 5.74) is 3.88. The Kier molecular flexibility index (Phi) is 4.55. The van der Waals surface area contributed by atoms with Gasteiger partial charge in [-0.2, -0.15) is 5.10 Å². The zero-order chi connectivity index (χ0) is 15.2. The van der Waals surface area contributed by atoms with Gasteiger partial charge in [-0.15, -0.1) is 0 Å². The van der Waals surface area contributed by atoms with Crippen molar-refractivity contribution in [2.45, 2.75) is 13.3 Å². The van der Waals surface area contributed by atoms with E-state index in [1.165, 1.54) is 6.21 Å². The monoisotopic (exact) mass is 288 g/mol. The van der Waals surface area contributed by atoms with Gasteiger partial charge in [0.05, 0.1) is 19.7 Å². The number of carbonyl (C=O) groups is 1. The quantitative estimate of drug-likeness (QED) is 0.558. The Morgan fingerprint density at radius 1 is 1.38 bits per heavy atom. The van der Waals surface area contributed by atoms with E-state index in [1.807, 2.05) is 18.2 Å². The summed E-state index contributed by atoms with van der Waals surface area (Å²) in [7, 11) is 1.56. The normalized spacial score (nSPS) is 10.8. The molecule has 3 N–H and O–H groups in total. The minimum atomic E-state index is -0.366. The predicted molar refractivity (Wildman–Crippen MR) is 78.6 cm³/mol. The van der Waals surface area contributed by atoms with E-state index in [4.69, 9.17) is 4.74 Å². The first kappa shape index (κ1) is 14.6. The second-order valence-corrected chi connectivity index (χ2v) is 4.39. The topological polar surface area (TPSA) is 99.3 Å². The Hall–Kier alpha value is -2.83. The highest BCUT2D eigenvalue weighted by Crippen LogP contribution is 2.14. The molecule has 21 heavy (non-hydrogen) atoms. The molecule has 2 aromatic rings. The first-order chi connectivity index (χ1) is 10.1. The van der Waals surface area contributed by atoms with Crippen molar-refractivity contribution in [3.05, 3.63) is 51.4 Å². The van der Waals surface area contributed by atoms with Gasteiger partial charge in [-0.05, 0) is 19.1 Å².